The first-order valence-electron chi connectivity index (χ1n) is 3.85. The third kappa shape index (κ3) is 2.06. The van der Waals surface area contributed by atoms with Gasteiger partial charge in [-0.3, -0.25) is 9.89 Å². The van der Waals surface area contributed by atoms with Crippen molar-refractivity contribution in [2.45, 2.75) is 19.9 Å². The summed E-state index contributed by atoms with van der Waals surface area (Å²) in [6.07, 6.45) is 1.41. The summed E-state index contributed by atoms with van der Waals surface area (Å²) in [4.78, 5) is 10.9. The van der Waals surface area contributed by atoms with Gasteiger partial charge in [0.1, 0.15) is 17.5 Å². The van der Waals surface area contributed by atoms with Crippen LogP contribution < -0.4 is 5.32 Å². The number of H-pyrrole nitrogens is 1. The molecule has 0 aromatic carbocycles. The van der Waals surface area contributed by atoms with E-state index in [-0.39, 0.29) is 11.8 Å². The van der Waals surface area contributed by atoms with Gasteiger partial charge in [0.05, 0.1) is 12.2 Å². The second-order valence-corrected chi connectivity index (χ2v) is 2.75. The maximum atomic E-state index is 10.9. The summed E-state index contributed by atoms with van der Waals surface area (Å²) in [5.74, 6) is 0.503. The Bertz CT molecular complexity index is 349. The lowest BCUT2D eigenvalue weighted by Crippen LogP contribution is -2.23. The number of carbonyl (C=O) groups is 1. The maximum absolute atomic E-state index is 10.9. The first-order valence-corrected chi connectivity index (χ1v) is 3.85. The standard InChI is InChI=1S/C8H10N4O/c1-5(6(2)13)11-8-7(3-9)4-10-12-8/h4-5H,1-2H3,(H2,10,11,12). The minimum Gasteiger partial charge on any atom is -0.360 e. The molecule has 0 amide bonds. The molecule has 0 aliphatic rings. The van der Waals surface area contributed by atoms with E-state index >= 15 is 0 Å². The van der Waals surface area contributed by atoms with E-state index in [0.29, 0.717) is 11.4 Å². The fraction of sp³-hybridized carbons (Fsp3) is 0.375. The summed E-state index contributed by atoms with van der Waals surface area (Å²) < 4.78 is 0. The highest BCUT2D eigenvalue weighted by Gasteiger charge is 2.10. The van der Waals surface area contributed by atoms with Crippen molar-refractivity contribution < 1.29 is 4.79 Å². The SMILES string of the molecule is CC(=O)C(C)Nc1[nH]ncc1C#N. The molecular weight excluding hydrogens is 168 g/mol. The number of hydrogen-bond donors (Lipinski definition) is 2. The fourth-order valence-electron chi connectivity index (χ4n) is 0.799. The van der Waals surface area contributed by atoms with Gasteiger partial charge < -0.3 is 5.32 Å². The van der Waals surface area contributed by atoms with Gasteiger partial charge in [-0.25, -0.2) is 0 Å². The van der Waals surface area contributed by atoms with Gasteiger partial charge in [-0.05, 0) is 13.8 Å². The van der Waals surface area contributed by atoms with Crippen molar-refractivity contribution in [3.05, 3.63) is 11.8 Å². The van der Waals surface area contributed by atoms with Crippen molar-refractivity contribution in [3.63, 3.8) is 0 Å². The van der Waals surface area contributed by atoms with E-state index in [1.54, 1.807) is 6.92 Å². The number of anilines is 1. The number of aromatic amines is 1. The van der Waals surface area contributed by atoms with Gasteiger partial charge in [0.25, 0.3) is 0 Å². The molecule has 0 bridgehead atoms. The molecule has 0 aliphatic heterocycles. The van der Waals surface area contributed by atoms with Crippen LogP contribution in [0.3, 0.4) is 0 Å². The number of nitriles is 1. The molecule has 5 heteroatoms. The molecule has 2 N–H and O–H groups in total. The first kappa shape index (κ1) is 9.26. The lowest BCUT2D eigenvalue weighted by molar-refractivity contribution is -0.117. The summed E-state index contributed by atoms with van der Waals surface area (Å²) in [5, 5.41) is 17.8. The average Bonchev–Trinajstić information content (AvgIpc) is 2.51. The quantitative estimate of drug-likeness (QED) is 0.712. The number of Topliss-reactive ketones (excluding diaryl/α,β-unsaturated/α-hetero) is 1. The Morgan fingerprint density at radius 2 is 2.54 bits per heavy atom. The summed E-state index contributed by atoms with van der Waals surface area (Å²) in [6, 6.07) is 1.64. The van der Waals surface area contributed by atoms with E-state index in [9.17, 15) is 4.79 Å². The summed E-state index contributed by atoms with van der Waals surface area (Å²) in [5.41, 5.74) is 0.410. The molecular formula is C8H10N4O. The Morgan fingerprint density at radius 1 is 1.85 bits per heavy atom. The summed E-state index contributed by atoms with van der Waals surface area (Å²) in [7, 11) is 0. The van der Waals surface area contributed by atoms with Crippen molar-refractivity contribution in [2.75, 3.05) is 5.32 Å². The summed E-state index contributed by atoms with van der Waals surface area (Å²) in [6.45, 7) is 3.21. The van der Waals surface area contributed by atoms with Crippen molar-refractivity contribution in [1.82, 2.24) is 10.2 Å². The van der Waals surface area contributed by atoms with Gasteiger partial charge >= 0.3 is 0 Å². The number of nitrogens with one attached hydrogen (secondary N) is 2. The van der Waals surface area contributed by atoms with Crippen LogP contribution >= 0.6 is 0 Å². The molecule has 1 aromatic rings. The minimum absolute atomic E-state index is 0.0125. The smallest absolute Gasteiger partial charge is 0.151 e. The second-order valence-electron chi connectivity index (χ2n) is 2.75. The molecule has 1 aromatic heterocycles. The van der Waals surface area contributed by atoms with E-state index in [1.807, 2.05) is 6.07 Å². The molecule has 0 saturated carbocycles. The van der Waals surface area contributed by atoms with Gasteiger partial charge in [0.15, 0.2) is 5.78 Å². The normalized spacial score (nSPS) is 11.8. The van der Waals surface area contributed by atoms with Crippen molar-refractivity contribution in [3.8, 4) is 6.07 Å². The lowest BCUT2D eigenvalue weighted by atomic mass is 10.2. The van der Waals surface area contributed by atoms with E-state index in [4.69, 9.17) is 5.26 Å². The average molecular weight is 178 g/mol. The van der Waals surface area contributed by atoms with Crippen LogP contribution in [0, 0.1) is 11.3 Å². The van der Waals surface area contributed by atoms with E-state index < -0.39 is 0 Å². The topological polar surface area (TPSA) is 81.6 Å². The van der Waals surface area contributed by atoms with Crippen LogP contribution in [0.25, 0.3) is 0 Å². The zero-order valence-corrected chi connectivity index (χ0v) is 7.46. The number of aromatic nitrogens is 2. The number of hydrogen-bond acceptors (Lipinski definition) is 4. The molecule has 0 aliphatic carbocycles. The molecule has 0 spiro atoms. The molecule has 0 saturated heterocycles. The van der Waals surface area contributed by atoms with E-state index in [2.05, 4.69) is 15.5 Å². The minimum atomic E-state index is -0.312. The van der Waals surface area contributed by atoms with E-state index in [1.165, 1.54) is 13.1 Å². The van der Waals surface area contributed by atoms with Crippen LogP contribution in [0.4, 0.5) is 5.82 Å². The van der Waals surface area contributed by atoms with Crippen molar-refractivity contribution in [1.29, 1.82) is 5.26 Å². The predicted octanol–water partition coefficient (Wildman–Crippen LogP) is 0.671. The molecule has 0 radical (unpaired) electrons. The van der Waals surface area contributed by atoms with Crippen molar-refractivity contribution >= 4 is 11.6 Å². The highest BCUT2D eigenvalue weighted by molar-refractivity contribution is 5.83. The second kappa shape index (κ2) is 3.72. The Hall–Kier alpha value is -1.83. The van der Waals surface area contributed by atoms with Crippen LogP contribution in [-0.2, 0) is 4.79 Å². The third-order valence-corrected chi connectivity index (χ3v) is 1.73. The zero-order chi connectivity index (χ0) is 9.84. The zero-order valence-electron chi connectivity index (χ0n) is 7.46. The van der Waals surface area contributed by atoms with Crippen molar-refractivity contribution in [2.24, 2.45) is 0 Å². The lowest BCUT2D eigenvalue weighted by Gasteiger charge is -2.09. The van der Waals surface area contributed by atoms with Crippen LogP contribution in [0.15, 0.2) is 6.20 Å². The van der Waals surface area contributed by atoms with Crippen LogP contribution in [0.5, 0.6) is 0 Å². The third-order valence-electron chi connectivity index (χ3n) is 1.73. The maximum Gasteiger partial charge on any atom is 0.151 e. The fourth-order valence-corrected chi connectivity index (χ4v) is 0.799. The van der Waals surface area contributed by atoms with Gasteiger partial charge in [0, 0.05) is 0 Å². The molecule has 5 nitrogen and oxygen atoms in total. The molecule has 13 heavy (non-hydrogen) atoms. The molecule has 0 fully saturated rings. The van der Waals surface area contributed by atoms with E-state index in [0.717, 1.165) is 0 Å². The monoisotopic (exact) mass is 178 g/mol. The van der Waals surface area contributed by atoms with Gasteiger partial charge in [0.2, 0.25) is 0 Å². The Balaban J connectivity index is 2.75. The van der Waals surface area contributed by atoms with Gasteiger partial charge in [-0.1, -0.05) is 0 Å². The number of nitrogens with zero attached hydrogens (tertiary/aromatic N) is 2. The van der Waals surface area contributed by atoms with Crippen LogP contribution in [0.2, 0.25) is 0 Å². The molecule has 1 atom stereocenters. The number of rotatable bonds is 3. The number of ketones is 1. The number of carbonyl (C=O) groups excluding carboxylic acids is 1. The first-order chi connectivity index (χ1) is 6.15. The highest BCUT2D eigenvalue weighted by atomic mass is 16.1. The Labute approximate surface area is 75.8 Å². The van der Waals surface area contributed by atoms with Crippen LogP contribution in [0.1, 0.15) is 19.4 Å². The van der Waals surface area contributed by atoms with Gasteiger partial charge in [-0.2, -0.15) is 10.4 Å². The molecule has 68 valence electrons. The predicted molar refractivity (Wildman–Crippen MR) is 47.1 cm³/mol. The largest absolute Gasteiger partial charge is 0.360 e. The molecule has 1 unspecified atom stereocenters. The van der Waals surface area contributed by atoms with Crippen LogP contribution in [-0.4, -0.2) is 22.0 Å². The summed E-state index contributed by atoms with van der Waals surface area (Å²) >= 11 is 0. The highest BCUT2D eigenvalue weighted by Crippen LogP contribution is 2.10. The Morgan fingerprint density at radius 3 is 3.08 bits per heavy atom. The van der Waals surface area contributed by atoms with Gasteiger partial charge in [-0.15, -0.1) is 0 Å². The Kier molecular flexibility index (Phi) is 2.65. The molecule has 1 rings (SSSR count). The molecule has 1 heterocycles.